The zero-order valence-corrected chi connectivity index (χ0v) is 13.0. The molecule has 22 heavy (non-hydrogen) atoms. The number of ether oxygens (including phenoxy) is 1. The third-order valence-electron chi connectivity index (χ3n) is 3.95. The lowest BCUT2D eigenvalue weighted by molar-refractivity contribution is 0.0472. The van der Waals surface area contributed by atoms with Gasteiger partial charge in [-0.2, -0.15) is 5.10 Å². The fraction of sp³-hybridized carbons (Fsp3) is 0.222. The highest BCUT2D eigenvalue weighted by atomic mass is 16.5. The monoisotopic (exact) mass is 294 g/mol. The number of carbonyl (C=O) groups is 1. The molecule has 0 aliphatic carbocycles. The Hall–Kier alpha value is -2.62. The molecule has 0 fully saturated rings. The van der Waals surface area contributed by atoms with Crippen LogP contribution in [0.4, 0.5) is 0 Å². The largest absolute Gasteiger partial charge is 0.457 e. The second-order valence-corrected chi connectivity index (χ2v) is 5.38. The van der Waals surface area contributed by atoms with Crippen LogP contribution in [0.1, 0.15) is 27.3 Å². The Labute approximate surface area is 129 Å². The Morgan fingerprint density at radius 2 is 1.86 bits per heavy atom. The number of hydrogen-bond acceptors (Lipinski definition) is 3. The van der Waals surface area contributed by atoms with Gasteiger partial charge in [0.1, 0.15) is 12.2 Å². The van der Waals surface area contributed by atoms with Gasteiger partial charge < -0.3 is 4.74 Å². The van der Waals surface area contributed by atoms with Crippen LogP contribution in [0.25, 0.3) is 10.8 Å². The summed E-state index contributed by atoms with van der Waals surface area (Å²) < 4.78 is 7.20. The van der Waals surface area contributed by atoms with E-state index in [1.165, 1.54) is 0 Å². The molecular formula is C18H18N2O2. The smallest absolute Gasteiger partial charge is 0.342 e. The van der Waals surface area contributed by atoms with Crippen LogP contribution < -0.4 is 0 Å². The Morgan fingerprint density at radius 1 is 1.14 bits per heavy atom. The first-order valence-electron chi connectivity index (χ1n) is 7.22. The van der Waals surface area contributed by atoms with Crippen molar-refractivity contribution in [2.75, 3.05) is 0 Å². The Morgan fingerprint density at radius 3 is 2.59 bits per heavy atom. The van der Waals surface area contributed by atoms with Gasteiger partial charge in [-0.05, 0) is 30.2 Å². The molecule has 1 heterocycles. The van der Waals surface area contributed by atoms with Crippen molar-refractivity contribution in [2.45, 2.75) is 20.5 Å². The van der Waals surface area contributed by atoms with Gasteiger partial charge in [-0.15, -0.1) is 0 Å². The van der Waals surface area contributed by atoms with Gasteiger partial charge in [-0.25, -0.2) is 4.79 Å². The molecule has 0 saturated carbocycles. The molecule has 112 valence electrons. The fourth-order valence-electron chi connectivity index (χ4n) is 2.70. The van der Waals surface area contributed by atoms with Gasteiger partial charge in [0.15, 0.2) is 0 Å². The summed E-state index contributed by atoms with van der Waals surface area (Å²) >= 11 is 0. The van der Waals surface area contributed by atoms with Crippen LogP contribution in [-0.2, 0) is 18.4 Å². The van der Waals surface area contributed by atoms with E-state index in [0.29, 0.717) is 11.3 Å². The summed E-state index contributed by atoms with van der Waals surface area (Å²) in [7, 11) is 1.82. The van der Waals surface area contributed by atoms with Gasteiger partial charge in [0, 0.05) is 12.7 Å². The number of aryl methyl sites for hydroxylation is 2. The SMILES string of the molecule is Cc1nn(C)c(C)c1C(=O)OCc1cccc2ccccc12. The standard InChI is InChI=1S/C18H18N2O2/c1-12-17(13(2)20(3)19-12)18(21)22-11-15-9-6-8-14-7-4-5-10-16(14)15/h4-10H,11H2,1-3H3. The van der Waals surface area contributed by atoms with Gasteiger partial charge in [-0.1, -0.05) is 42.5 Å². The number of rotatable bonds is 3. The fourth-order valence-corrected chi connectivity index (χ4v) is 2.70. The van der Waals surface area contributed by atoms with E-state index in [1.807, 2.05) is 51.2 Å². The van der Waals surface area contributed by atoms with Gasteiger partial charge in [0.25, 0.3) is 0 Å². The molecule has 0 atom stereocenters. The molecule has 0 aliphatic rings. The molecule has 3 rings (SSSR count). The van der Waals surface area contributed by atoms with E-state index in [1.54, 1.807) is 4.68 Å². The minimum Gasteiger partial charge on any atom is -0.457 e. The van der Waals surface area contributed by atoms with E-state index in [9.17, 15) is 4.79 Å². The molecule has 0 saturated heterocycles. The number of aromatic nitrogens is 2. The first-order chi connectivity index (χ1) is 10.6. The zero-order chi connectivity index (χ0) is 15.7. The maximum atomic E-state index is 12.3. The molecule has 3 aromatic rings. The second kappa shape index (κ2) is 5.64. The number of fused-ring (bicyclic) bond motifs is 1. The maximum absolute atomic E-state index is 12.3. The van der Waals surface area contributed by atoms with Gasteiger partial charge in [0.05, 0.1) is 5.69 Å². The Balaban J connectivity index is 1.84. The molecule has 0 unspecified atom stereocenters. The maximum Gasteiger partial charge on any atom is 0.342 e. The topological polar surface area (TPSA) is 44.1 Å². The second-order valence-electron chi connectivity index (χ2n) is 5.38. The predicted molar refractivity (Wildman–Crippen MR) is 85.7 cm³/mol. The minimum atomic E-state index is -0.323. The molecule has 1 aromatic heterocycles. The summed E-state index contributed by atoms with van der Waals surface area (Å²) in [5, 5.41) is 6.50. The molecule has 4 nitrogen and oxygen atoms in total. The van der Waals surface area contributed by atoms with Crippen LogP contribution in [-0.4, -0.2) is 15.7 Å². The van der Waals surface area contributed by atoms with E-state index in [-0.39, 0.29) is 12.6 Å². The first-order valence-corrected chi connectivity index (χ1v) is 7.22. The van der Waals surface area contributed by atoms with Gasteiger partial charge in [0.2, 0.25) is 0 Å². The molecule has 0 N–H and O–H groups in total. The van der Waals surface area contributed by atoms with Crippen molar-refractivity contribution in [3.63, 3.8) is 0 Å². The van der Waals surface area contributed by atoms with Crippen molar-refractivity contribution in [2.24, 2.45) is 7.05 Å². The normalized spacial score (nSPS) is 10.9. The summed E-state index contributed by atoms with van der Waals surface area (Å²) in [4.78, 5) is 12.3. The Kier molecular flexibility index (Phi) is 3.67. The van der Waals surface area contributed by atoms with E-state index >= 15 is 0 Å². The predicted octanol–water partition coefficient (Wildman–Crippen LogP) is 3.55. The third kappa shape index (κ3) is 2.48. The van der Waals surface area contributed by atoms with Crippen LogP contribution in [0, 0.1) is 13.8 Å². The van der Waals surface area contributed by atoms with Crippen molar-refractivity contribution < 1.29 is 9.53 Å². The molecule has 0 radical (unpaired) electrons. The number of benzene rings is 2. The molecule has 4 heteroatoms. The van der Waals surface area contributed by atoms with Crippen molar-refractivity contribution in [1.29, 1.82) is 0 Å². The van der Waals surface area contributed by atoms with E-state index < -0.39 is 0 Å². The average molecular weight is 294 g/mol. The van der Waals surface area contributed by atoms with Crippen molar-refractivity contribution in [1.82, 2.24) is 9.78 Å². The third-order valence-corrected chi connectivity index (χ3v) is 3.95. The molecule has 2 aromatic carbocycles. The highest BCUT2D eigenvalue weighted by Gasteiger charge is 2.18. The summed E-state index contributed by atoms with van der Waals surface area (Å²) in [6.45, 7) is 3.95. The van der Waals surface area contributed by atoms with Crippen molar-refractivity contribution in [3.05, 3.63) is 65.0 Å². The first kappa shape index (κ1) is 14.3. The van der Waals surface area contributed by atoms with Gasteiger partial charge >= 0.3 is 5.97 Å². The lowest BCUT2D eigenvalue weighted by Crippen LogP contribution is -2.08. The lowest BCUT2D eigenvalue weighted by atomic mass is 10.1. The highest BCUT2D eigenvalue weighted by Crippen LogP contribution is 2.20. The van der Waals surface area contributed by atoms with Crippen LogP contribution in [0.5, 0.6) is 0 Å². The number of esters is 1. The number of nitrogens with zero attached hydrogens (tertiary/aromatic N) is 2. The molecule has 0 spiro atoms. The van der Waals surface area contributed by atoms with Crippen molar-refractivity contribution >= 4 is 16.7 Å². The van der Waals surface area contributed by atoms with Crippen LogP contribution in [0.2, 0.25) is 0 Å². The van der Waals surface area contributed by atoms with Gasteiger partial charge in [-0.3, -0.25) is 4.68 Å². The summed E-state index contributed by atoms with van der Waals surface area (Å²) in [6.07, 6.45) is 0. The number of hydrogen-bond donors (Lipinski definition) is 0. The minimum absolute atomic E-state index is 0.258. The average Bonchev–Trinajstić information content (AvgIpc) is 2.77. The van der Waals surface area contributed by atoms with Crippen LogP contribution in [0.15, 0.2) is 42.5 Å². The highest BCUT2D eigenvalue weighted by molar-refractivity contribution is 5.92. The molecular weight excluding hydrogens is 276 g/mol. The summed E-state index contributed by atoms with van der Waals surface area (Å²) in [5.74, 6) is -0.323. The summed E-state index contributed by atoms with van der Waals surface area (Å²) in [5.41, 5.74) is 3.08. The summed E-state index contributed by atoms with van der Waals surface area (Å²) in [6, 6.07) is 14.1. The molecule has 0 amide bonds. The quantitative estimate of drug-likeness (QED) is 0.694. The van der Waals surface area contributed by atoms with E-state index in [0.717, 1.165) is 22.0 Å². The lowest BCUT2D eigenvalue weighted by Gasteiger charge is -2.08. The van der Waals surface area contributed by atoms with Crippen molar-refractivity contribution in [3.8, 4) is 0 Å². The van der Waals surface area contributed by atoms with Crippen LogP contribution >= 0.6 is 0 Å². The molecule has 0 bridgehead atoms. The van der Waals surface area contributed by atoms with E-state index in [4.69, 9.17) is 4.74 Å². The Bertz CT molecular complexity index is 844. The van der Waals surface area contributed by atoms with E-state index in [2.05, 4.69) is 17.2 Å². The number of carbonyl (C=O) groups excluding carboxylic acids is 1. The van der Waals surface area contributed by atoms with Crippen LogP contribution in [0.3, 0.4) is 0 Å². The zero-order valence-electron chi connectivity index (χ0n) is 13.0. The molecule has 0 aliphatic heterocycles.